The Kier molecular flexibility index (Phi) is 17.5. The summed E-state index contributed by atoms with van der Waals surface area (Å²) in [5.74, 6) is -0.0237. The van der Waals surface area contributed by atoms with Crippen LogP contribution in [0.4, 0.5) is 0 Å². The Labute approximate surface area is 137 Å². The molecule has 0 aliphatic rings. The zero-order valence-corrected chi connectivity index (χ0v) is 14.6. The highest BCUT2D eigenvalue weighted by atomic mass is 16.5. The molecule has 0 bridgehead atoms. The summed E-state index contributed by atoms with van der Waals surface area (Å²) >= 11 is 0. The van der Waals surface area contributed by atoms with E-state index in [9.17, 15) is 9.59 Å². The smallest absolute Gasteiger partial charge is 0.305 e. The minimum absolute atomic E-state index is 0.0237. The van der Waals surface area contributed by atoms with Crippen molar-refractivity contribution in [3.63, 3.8) is 0 Å². The molecule has 0 fully saturated rings. The van der Waals surface area contributed by atoms with E-state index in [1.165, 1.54) is 57.8 Å². The van der Waals surface area contributed by atoms with Crippen LogP contribution < -0.4 is 0 Å². The molecule has 0 aromatic rings. The lowest BCUT2D eigenvalue weighted by Crippen LogP contribution is -2.05. The molecule has 0 atom stereocenters. The standard InChI is InChI=1S/C19H36O3/c1-2-3-4-12-15-18-22-19(21)16-13-10-8-6-5-7-9-11-14-17-20/h17H,2-16,18H2,1H3. The number of unbranched alkanes of at least 4 members (excludes halogenated alkanes) is 12. The maximum absolute atomic E-state index is 11.5. The van der Waals surface area contributed by atoms with Gasteiger partial charge in [0.2, 0.25) is 0 Å². The first-order valence-corrected chi connectivity index (χ1v) is 9.40. The summed E-state index contributed by atoms with van der Waals surface area (Å²) in [4.78, 5) is 21.7. The maximum Gasteiger partial charge on any atom is 0.305 e. The third-order valence-corrected chi connectivity index (χ3v) is 3.96. The largest absolute Gasteiger partial charge is 0.466 e. The van der Waals surface area contributed by atoms with Gasteiger partial charge in [0.25, 0.3) is 0 Å². The Hall–Kier alpha value is -0.860. The fourth-order valence-electron chi connectivity index (χ4n) is 2.52. The molecule has 0 aliphatic heterocycles. The lowest BCUT2D eigenvalue weighted by molar-refractivity contribution is -0.143. The van der Waals surface area contributed by atoms with Crippen LogP contribution >= 0.6 is 0 Å². The zero-order valence-electron chi connectivity index (χ0n) is 14.6. The van der Waals surface area contributed by atoms with Gasteiger partial charge in [-0.2, -0.15) is 0 Å². The predicted molar refractivity (Wildman–Crippen MR) is 92.0 cm³/mol. The van der Waals surface area contributed by atoms with Crippen molar-refractivity contribution >= 4 is 12.3 Å². The van der Waals surface area contributed by atoms with Crippen LogP contribution in [-0.2, 0) is 14.3 Å². The van der Waals surface area contributed by atoms with Crippen molar-refractivity contribution < 1.29 is 14.3 Å². The fraction of sp³-hybridized carbons (Fsp3) is 0.895. The molecule has 0 heterocycles. The van der Waals surface area contributed by atoms with Crippen LogP contribution in [0.15, 0.2) is 0 Å². The minimum Gasteiger partial charge on any atom is -0.466 e. The van der Waals surface area contributed by atoms with Crippen LogP contribution in [0, 0.1) is 0 Å². The molecule has 0 radical (unpaired) electrons. The van der Waals surface area contributed by atoms with E-state index >= 15 is 0 Å². The molecule has 130 valence electrons. The highest BCUT2D eigenvalue weighted by molar-refractivity contribution is 5.69. The van der Waals surface area contributed by atoms with Gasteiger partial charge in [-0.15, -0.1) is 0 Å². The van der Waals surface area contributed by atoms with E-state index in [1.807, 2.05) is 0 Å². The first-order valence-electron chi connectivity index (χ1n) is 9.40. The van der Waals surface area contributed by atoms with E-state index in [0.717, 1.165) is 32.0 Å². The number of ether oxygens (including phenoxy) is 1. The summed E-state index contributed by atoms with van der Waals surface area (Å²) in [7, 11) is 0. The van der Waals surface area contributed by atoms with Crippen molar-refractivity contribution in [1.82, 2.24) is 0 Å². The number of carbonyl (C=O) groups excluding carboxylic acids is 2. The van der Waals surface area contributed by atoms with E-state index in [-0.39, 0.29) is 5.97 Å². The SMILES string of the molecule is CCCCCCCOC(=O)CCCCCCCCCCC=O. The van der Waals surface area contributed by atoms with Gasteiger partial charge in [-0.25, -0.2) is 0 Å². The van der Waals surface area contributed by atoms with Crippen LogP contribution in [0.5, 0.6) is 0 Å². The monoisotopic (exact) mass is 312 g/mol. The molecule has 0 aromatic carbocycles. The predicted octanol–water partition coefficient (Wildman–Crippen LogP) is 5.60. The summed E-state index contributed by atoms with van der Waals surface area (Å²) in [6, 6.07) is 0. The van der Waals surface area contributed by atoms with E-state index in [1.54, 1.807) is 0 Å². The quantitative estimate of drug-likeness (QED) is 0.199. The van der Waals surface area contributed by atoms with Crippen LogP contribution in [0.25, 0.3) is 0 Å². The van der Waals surface area contributed by atoms with Crippen LogP contribution in [-0.4, -0.2) is 18.9 Å². The molecule has 0 saturated carbocycles. The molecule has 0 rings (SSSR count). The van der Waals surface area contributed by atoms with Crippen molar-refractivity contribution in [2.45, 2.75) is 103 Å². The Balaban J connectivity index is 3.13. The van der Waals surface area contributed by atoms with Gasteiger partial charge in [-0.3, -0.25) is 4.79 Å². The van der Waals surface area contributed by atoms with Gasteiger partial charge < -0.3 is 9.53 Å². The third-order valence-electron chi connectivity index (χ3n) is 3.96. The van der Waals surface area contributed by atoms with Gasteiger partial charge in [-0.1, -0.05) is 71.1 Å². The first-order chi connectivity index (χ1) is 10.8. The molecule has 0 spiro atoms. The molecule has 0 unspecified atom stereocenters. The van der Waals surface area contributed by atoms with Crippen molar-refractivity contribution in [1.29, 1.82) is 0 Å². The van der Waals surface area contributed by atoms with E-state index in [2.05, 4.69) is 6.92 Å². The molecule has 0 saturated heterocycles. The average Bonchev–Trinajstić information content (AvgIpc) is 2.52. The van der Waals surface area contributed by atoms with Crippen molar-refractivity contribution in [2.75, 3.05) is 6.61 Å². The molecular weight excluding hydrogens is 276 g/mol. The maximum atomic E-state index is 11.5. The second-order valence-electron chi connectivity index (χ2n) is 6.17. The summed E-state index contributed by atoms with van der Waals surface area (Å²) in [5, 5.41) is 0. The van der Waals surface area contributed by atoms with Gasteiger partial charge >= 0.3 is 5.97 Å². The van der Waals surface area contributed by atoms with Crippen molar-refractivity contribution in [3.05, 3.63) is 0 Å². The topological polar surface area (TPSA) is 43.4 Å². The summed E-state index contributed by atoms with van der Waals surface area (Å²) in [5.41, 5.74) is 0. The lowest BCUT2D eigenvalue weighted by Gasteiger charge is -2.05. The molecule has 0 aliphatic carbocycles. The Morgan fingerprint density at radius 3 is 1.95 bits per heavy atom. The van der Waals surface area contributed by atoms with Gasteiger partial charge in [-0.05, 0) is 19.3 Å². The molecule has 3 nitrogen and oxygen atoms in total. The average molecular weight is 312 g/mol. The molecule has 0 N–H and O–H groups in total. The Morgan fingerprint density at radius 1 is 0.773 bits per heavy atom. The van der Waals surface area contributed by atoms with Crippen LogP contribution in [0.3, 0.4) is 0 Å². The minimum atomic E-state index is -0.0237. The second kappa shape index (κ2) is 18.2. The Morgan fingerprint density at radius 2 is 1.32 bits per heavy atom. The van der Waals surface area contributed by atoms with Gasteiger partial charge in [0, 0.05) is 12.8 Å². The fourth-order valence-corrected chi connectivity index (χ4v) is 2.52. The molecular formula is C19H36O3. The van der Waals surface area contributed by atoms with Crippen LogP contribution in [0.1, 0.15) is 103 Å². The highest BCUT2D eigenvalue weighted by Gasteiger charge is 2.02. The number of aldehydes is 1. The van der Waals surface area contributed by atoms with E-state index < -0.39 is 0 Å². The number of rotatable bonds is 17. The number of hydrogen-bond donors (Lipinski definition) is 0. The number of carbonyl (C=O) groups is 2. The zero-order chi connectivity index (χ0) is 16.3. The Bertz CT molecular complexity index is 251. The number of esters is 1. The van der Waals surface area contributed by atoms with Crippen molar-refractivity contribution in [3.8, 4) is 0 Å². The van der Waals surface area contributed by atoms with E-state index in [0.29, 0.717) is 19.4 Å². The summed E-state index contributed by atoms with van der Waals surface area (Å²) in [6.45, 7) is 2.80. The van der Waals surface area contributed by atoms with Gasteiger partial charge in [0.15, 0.2) is 0 Å². The lowest BCUT2D eigenvalue weighted by atomic mass is 10.1. The number of hydrogen-bond acceptors (Lipinski definition) is 3. The third kappa shape index (κ3) is 17.2. The molecule has 0 amide bonds. The van der Waals surface area contributed by atoms with Gasteiger partial charge in [0.05, 0.1) is 6.61 Å². The normalized spacial score (nSPS) is 10.6. The molecule has 0 aromatic heterocycles. The second-order valence-corrected chi connectivity index (χ2v) is 6.17. The van der Waals surface area contributed by atoms with Crippen molar-refractivity contribution in [2.24, 2.45) is 0 Å². The molecule has 3 heteroatoms. The molecule has 22 heavy (non-hydrogen) atoms. The first kappa shape index (κ1) is 21.1. The van der Waals surface area contributed by atoms with Crippen LogP contribution in [0.2, 0.25) is 0 Å². The summed E-state index contributed by atoms with van der Waals surface area (Å²) < 4.78 is 5.24. The van der Waals surface area contributed by atoms with E-state index in [4.69, 9.17) is 4.74 Å². The highest BCUT2D eigenvalue weighted by Crippen LogP contribution is 2.11. The summed E-state index contributed by atoms with van der Waals surface area (Å²) in [6.07, 6.45) is 17.5. The van der Waals surface area contributed by atoms with Gasteiger partial charge in [0.1, 0.15) is 6.29 Å².